The van der Waals surface area contributed by atoms with Gasteiger partial charge in [0.1, 0.15) is 11.9 Å². The highest BCUT2D eigenvalue weighted by Crippen LogP contribution is 2.15. The van der Waals surface area contributed by atoms with Gasteiger partial charge in [0, 0.05) is 19.7 Å². The maximum atomic E-state index is 11.8. The number of anilines is 1. The summed E-state index contributed by atoms with van der Waals surface area (Å²) >= 11 is 0. The molecule has 2 rings (SSSR count). The van der Waals surface area contributed by atoms with Crippen molar-refractivity contribution in [2.45, 2.75) is 18.9 Å². The van der Waals surface area contributed by atoms with Crippen LogP contribution in [0.15, 0.2) is 24.4 Å². The monoisotopic (exact) mass is 219 g/mol. The first kappa shape index (κ1) is 10.6. The molecule has 5 nitrogen and oxygen atoms in total. The van der Waals surface area contributed by atoms with E-state index in [1.165, 1.54) is 11.9 Å². The van der Waals surface area contributed by atoms with E-state index in [0.29, 0.717) is 18.7 Å². The average molecular weight is 219 g/mol. The molecule has 2 heterocycles. The van der Waals surface area contributed by atoms with Crippen molar-refractivity contribution in [3.63, 3.8) is 0 Å². The number of carbonyl (C=O) groups excluding carboxylic acids is 2. The molecular weight excluding hydrogens is 206 g/mol. The van der Waals surface area contributed by atoms with Crippen LogP contribution in [0.4, 0.5) is 5.82 Å². The number of nitrogens with one attached hydrogen (secondary N) is 1. The highest BCUT2D eigenvalue weighted by Gasteiger charge is 2.31. The third-order valence-corrected chi connectivity index (χ3v) is 2.64. The van der Waals surface area contributed by atoms with Crippen LogP contribution in [0, 0.1) is 0 Å². The number of rotatable bonds is 2. The lowest BCUT2D eigenvalue weighted by atomic mass is 10.0. The van der Waals surface area contributed by atoms with Crippen molar-refractivity contribution in [2.24, 2.45) is 0 Å². The summed E-state index contributed by atoms with van der Waals surface area (Å²) in [6.07, 6.45) is 2.58. The number of imide groups is 1. The number of aromatic nitrogens is 1. The second-order valence-electron chi connectivity index (χ2n) is 3.74. The van der Waals surface area contributed by atoms with Crippen LogP contribution in [0.25, 0.3) is 0 Å². The van der Waals surface area contributed by atoms with Gasteiger partial charge in [0.25, 0.3) is 5.91 Å². The van der Waals surface area contributed by atoms with E-state index in [-0.39, 0.29) is 17.9 Å². The lowest BCUT2D eigenvalue weighted by molar-refractivity contribution is -0.146. The smallest absolute Gasteiger partial charge is 0.251 e. The highest BCUT2D eigenvalue weighted by molar-refractivity contribution is 6.01. The van der Waals surface area contributed by atoms with Crippen LogP contribution in [0.1, 0.15) is 12.8 Å². The quantitative estimate of drug-likeness (QED) is 0.741. The van der Waals surface area contributed by atoms with E-state index in [4.69, 9.17) is 0 Å². The number of hydrogen-bond donors (Lipinski definition) is 1. The van der Waals surface area contributed by atoms with Crippen molar-refractivity contribution in [1.29, 1.82) is 0 Å². The van der Waals surface area contributed by atoms with Gasteiger partial charge in [-0.15, -0.1) is 0 Å². The van der Waals surface area contributed by atoms with E-state index in [0.717, 1.165) is 0 Å². The number of pyridine rings is 1. The van der Waals surface area contributed by atoms with E-state index in [2.05, 4.69) is 10.3 Å². The summed E-state index contributed by atoms with van der Waals surface area (Å²) in [5, 5.41) is 3.03. The molecule has 1 N–H and O–H groups in total. The second-order valence-corrected chi connectivity index (χ2v) is 3.74. The topological polar surface area (TPSA) is 62.3 Å². The second kappa shape index (κ2) is 4.30. The molecule has 0 aliphatic carbocycles. The Hall–Kier alpha value is -1.91. The van der Waals surface area contributed by atoms with E-state index in [1.54, 1.807) is 12.3 Å². The van der Waals surface area contributed by atoms with Crippen molar-refractivity contribution in [3.05, 3.63) is 24.4 Å². The molecular formula is C11H13N3O2. The zero-order valence-corrected chi connectivity index (χ0v) is 9.01. The Bertz CT molecular complexity index is 405. The van der Waals surface area contributed by atoms with Crippen LogP contribution in [0.2, 0.25) is 0 Å². The minimum absolute atomic E-state index is 0.121. The molecule has 0 aromatic carbocycles. The van der Waals surface area contributed by atoms with Gasteiger partial charge < -0.3 is 5.32 Å². The van der Waals surface area contributed by atoms with Gasteiger partial charge in [-0.1, -0.05) is 6.07 Å². The number of likely N-dealkylation sites (tertiary alicyclic amines) is 1. The fourth-order valence-corrected chi connectivity index (χ4v) is 1.68. The molecule has 1 atom stereocenters. The predicted molar refractivity (Wildman–Crippen MR) is 58.7 cm³/mol. The van der Waals surface area contributed by atoms with E-state index >= 15 is 0 Å². The van der Waals surface area contributed by atoms with Gasteiger partial charge in [-0.2, -0.15) is 0 Å². The first-order valence-electron chi connectivity index (χ1n) is 5.16. The molecule has 5 heteroatoms. The minimum atomic E-state index is -0.349. The van der Waals surface area contributed by atoms with Crippen molar-refractivity contribution < 1.29 is 9.59 Å². The molecule has 1 unspecified atom stereocenters. The van der Waals surface area contributed by atoms with Gasteiger partial charge >= 0.3 is 0 Å². The van der Waals surface area contributed by atoms with E-state index in [1.807, 2.05) is 12.1 Å². The van der Waals surface area contributed by atoms with E-state index in [9.17, 15) is 9.59 Å². The van der Waals surface area contributed by atoms with Gasteiger partial charge in [0.05, 0.1) is 0 Å². The molecule has 84 valence electrons. The fourth-order valence-electron chi connectivity index (χ4n) is 1.68. The summed E-state index contributed by atoms with van der Waals surface area (Å²) in [6.45, 7) is 0. The molecule has 2 amide bonds. The van der Waals surface area contributed by atoms with Crippen LogP contribution in [-0.4, -0.2) is 34.8 Å². The molecule has 0 spiro atoms. The lowest BCUT2D eigenvalue weighted by Gasteiger charge is -2.28. The molecule has 1 aromatic heterocycles. The maximum absolute atomic E-state index is 11.8. The molecule has 0 saturated carbocycles. The number of amides is 2. The van der Waals surface area contributed by atoms with Crippen molar-refractivity contribution in [3.8, 4) is 0 Å². The largest absolute Gasteiger partial charge is 0.358 e. The Labute approximate surface area is 93.5 Å². The number of hydrogen-bond acceptors (Lipinski definition) is 4. The van der Waals surface area contributed by atoms with E-state index < -0.39 is 0 Å². The molecule has 1 fully saturated rings. The Morgan fingerprint density at radius 1 is 1.44 bits per heavy atom. The molecule has 0 bridgehead atoms. The van der Waals surface area contributed by atoms with Crippen molar-refractivity contribution in [2.75, 3.05) is 12.4 Å². The van der Waals surface area contributed by atoms with Crippen LogP contribution in [0.5, 0.6) is 0 Å². The highest BCUT2D eigenvalue weighted by atomic mass is 16.2. The minimum Gasteiger partial charge on any atom is -0.358 e. The summed E-state index contributed by atoms with van der Waals surface area (Å²) in [6, 6.07) is 5.10. The number of piperidine rings is 1. The molecule has 1 saturated heterocycles. The number of carbonyl (C=O) groups is 2. The molecule has 1 aliphatic rings. The molecule has 1 aliphatic heterocycles. The van der Waals surface area contributed by atoms with Crippen molar-refractivity contribution >= 4 is 17.6 Å². The summed E-state index contributed by atoms with van der Waals surface area (Å²) in [7, 11) is 1.51. The molecule has 1 aromatic rings. The van der Waals surface area contributed by atoms with Crippen LogP contribution in [-0.2, 0) is 9.59 Å². The fraction of sp³-hybridized carbons (Fsp3) is 0.364. The van der Waals surface area contributed by atoms with Gasteiger partial charge in [-0.05, 0) is 18.6 Å². The number of nitrogens with zero attached hydrogens (tertiary/aromatic N) is 2. The summed E-state index contributed by atoms with van der Waals surface area (Å²) in [4.78, 5) is 28.3. The molecule has 16 heavy (non-hydrogen) atoms. The van der Waals surface area contributed by atoms with Crippen LogP contribution >= 0.6 is 0 Å². The first-order chi connectivity index (χ1) is 7.68. The van der Waals surface area contributed by atoms with Gasteiger partial charge in [-0.3, -0.25) is 14.5 Å². The van der Waals surface area contributed by atoms with Crippen LogP contribution < -0.4 is 5.32 Å². The Morgan fingerprint density at radius 3 is 2.94 bits per heavy atom. The Morgan fingerprint density at radius 2 is 2.25 bits per heavy atom. The summed E-state index contributed by atoms with van der Waals surface area (Å²) in [5.74, 6) is 0.342. The third-order valence-electron chi connectivity index (χ3n) is 2.64. The number of likely N-dealkylation sites (N-methyl/N-ethyl adjacent to an activating group) is 1. The van der Waals surface area contributed by atoms with Gasteiger partial charge in [0.2, 0.25) is 5.91 Å². The van der Waals surface area contributed by atoms with Gasteiger partial charge in [0.15, 0.2) is 0 Å². The third kappa shape index (κ3) is 2.03. The first-order valence-corrected chi connectivity index (χ1v) is 5.16. The SMILES string of the molecule is CN1C(=O)CCC(Nc2ccccn2)C1=O. The van der Waals surface area contributed by atoms with Gasteiger partial charge in [-0.25, -0.2) is 4.98 Å². The normalized spacial score (nSPS) is 21.1. The van der Waals surface area contributed by atoms with Crippen LogP contribution in [0.3, 0.4) is 0 Å². The summed E-state index contributed by atoms with van der Waals surface area (Å²) < 4.78 is 0. The maximum Gasteiger partial charge on any atom is 0.251 e. The Balaban J connectivity index is 2.06. The average Bonchev–Trinajstić information content (AvgIpc) is 2.31. The standard InChI is InChI=1S/C11H13N3O2/c1-14-10(15)6-5-8(11(14)16)13-9-4-2-3-7-12-9/h2-4,7-8H,5-6H2,1H3,(H,12,13). The zero-order chi connectivity index (χ0) is 11.5. The van der Waals surface area contributed by atoms with Crippen molar-refractivity contribution in [1.82, 2.24) is 9.88 Å². The summed E-state index contributed by atoms with van der Waals surface area (Å²) in [5.41, 5.74) is 0. The molecule has 0 radical (unpaired) electrons. The zero-order valence-electron chi connectivity index (χ0n) is 9.01. The predicted octanol–water partition coefficient (Wildman–Crippen LogP) is 0.641. The lowest BCUT2D eigenvalue weighted by Crippen LogP contribution is -2.48. The Kier molecular flexibility index (Phi) is 2.85.